The summed E-state index contributed by atoms with van der Waals surface area (Å²) in [4.78, 5) is 54.2. The van der Waals surface area contributed by atoms with Crippen LogP contribution in [0.4, 0.5) is 10.5 Å². The highest BCUT2D eigenvalue weighted by atomic mass is 32.2. The number of hydrogen-bond acceptors (Lipinski definition) is 7. The summed E-state index contributed by atoms with van der Waals surface area (Å²) in [5.41, 5.74) is 6.17. The maximum atomic E-state index is 13.4. The Kier molecular flexibility index (Phi) is 9.87. The van der Waals surface area contributed by atoms with Gasteiger partial charge in [0.2, 0.25) is 17.7 Å². The van der Waals surface area contributed by atoms with Gasteiger partial charge in [-0.1, -0.05) is 12.1 Å². The van der Waals surface area contributed by atoms with E-state index in [1.165, 1.54) is 28.0 Å². The Balaban J connectivity index is 1.74. The van der Waals surface area contributed by atoms with E-state index in [9.17, 15) is 19.2 Å². The first-order chi connectivity index (χ1) is 16.8. The Morgan fingerprint density at radius 1 is 1.20 bits per heavy atom. The van der Waals surface area contributed by atoms with Gasteiger partial charge in [0.15, 0.2) is 0 Å². The standard InChI is InChI=1S/C23H29N5O4S3/c1-33-13-19(29)28-9-8-17(27-23(32)25-14-5-3-6-15(11-14)34-2)20(28)22(31)26-18(21(24)30)12-16-7-4-10-35-16/h3-7,10-11,17-18,20H,8-9,12-13H2,1-2H3,(H2,24,30)(H,26,31)(H2,25,27,32)/t17-,18-,20-/m0/s1. The maximum absolute atomic E-state index is 13.4. The van der Waals surface area contributed by atoms with Crippen LogP contribution in [0, 0.1) is 0 Å². The molecule has 5 amide bonds. The molecule has 3 rings (SSSR count). The first kappa shape index (κ1) is 26.9. The van der Waals surface area contributed by atoms with Gasteiger partial charge in [0, 0.05) is 28.4 Å². The molecule has 0 saturated carbocycles. The van der Waals surface area contributed by atoms with Gasteiger partial charge in [-0.2, -0.15) is 11.8 Å². The second-order valence-electron chi connectivity index (χ2n) is 7.94. The molecule has 1 fully saturated rings. The number of nitrogens with one attached hydrogen (secondary N) is 3. The lowest BCUT2D eigenvalue weighted by Crippen LogP contribution is -2.58. The lowest BCUT2D eigenvalue weighted by atomic mass is 10.1. The summed E-state index contributed by atoms with van der Waals surface area (Å²) in [6, 6.07) is 8.12. The van der Waals surface area contributed by atoms with Crippen molar-refractivity contribution in [2.24, 2.45) is 5.73 Å². The van der Waals surface area contributed by atoms with Crippen LogP contribution in [0.15, 0.2) is 46.7 Å². The Hall–Kier alpha value is -2.70. The van der Waals surface area contributed by atoms with Gasteiger partial charge in [-0.15, -0.1) is 23.1 Å². The number of nitrogens with two attached hydrogens (primary N) is 1. The fourth-order valence-electron chi connectivity index (χ4n) is 3.90. The van der Waals surface area contributed by atoms with Crippen LogP contribution in [0.1, 0.15) is 11.3 Å². The quantitative estimate of drug-likeness (QED) is 0.345. The molecule has 5 N–H and O–H groups in total. The predicted octanol–water partition coefficient (Wildman–Crippen LogP) is 2.14. The lowest BCUT2D eigenvalue weighted by molar-refractivity contribution is -0.138. The lowest BCUT2D eigenvalue weighted by Gasteiger charge is -2.29. The zero-order chi connectivity index (χ0) is 25.4. The average molecular weight is 536 g/mol. The van der Waals surface area contributed by atoms with Gasteiger partial charge in [0.25, 0.3) is 0 Å². The molecule has 2 heterocycles. The summed E-state index contributed by atoms with van der Waals surface area (Å²) < 4.78 is 0. The number of anilines is 1. The van der Waals surface area contributed by atoms with Crippen molar-refractivity contribution in [2.45, 2.75) is 35.9 Å². The van der Waals surface area contributed by atoms with Gasteiger partial charge in [-0.3, -0.25) is 14.4 Å². The molecule has 188 valence electrons. The third kappa shape index (κ3) is 7.39. The largest absolute Gasteiger partial charge is 0.368 e. The van der Waals surface area contributed by atoms with Crippen LogP contribution >= 0.6 is 34.9 Å². The molecule has 0 radical (unpaired) electrons. The number of rotatable bonds is 10. The van der Waals surface area contributed by atoms with E-state index in [1.807, 2.05) is 42.0 Å². The monoisotopic (exact) mass is 535 g/mol. The summed E-state index contributed by atoms with van der Waals surface area (Å²) in [5.74, 6) is -1.18. The highest BCUT2D eigenvalue weighted by Gasteiger charge is 2.43. The predicted molar refractivity (Wildman–Crippen MR) is 142 cm³/mol. The number of thioether (sulfide) groups is 2. The molecule has 0 spiro atoms. The molecule has 9 nitrogen and oxygen atoms in total. The molecule has 0 unspecified atom stereocenters. The van der Waals surface area contributed by atoms with Crippen LogP contribution in [0.3, 0.4) is 0 Å². The van der Waals surface area contributed by atoms with Crippen LogP contribution in [-0.4, -0.2) is 71.6 Å². The number of urea groups is 1. The number of carbonyl (C=O) groups is 4. The maximum Gasteiger partial charge on any atom is 0.319 e. The van der Waals surface area contributed by atoms with Gasteiger partial charge in [-0.05, 0) is 48.6 Å². The number of primary amides is 1. The number of benzene rings is 1. The van der Waals surface area contributed by atoms with Crippen LogP contribution < -0.4 is 21.7 Å². The van der Waals surface area contributed by atoms with E-state index >= 15 is 0 Å². The van der Waals surface area contributed by atoms with E-state index in [4.69, 9.17) is 5.73 Å². The average Bonchev–Trinajstić information content (AvgIpc) is 3.48. The molecule has 3 atom stereocenters. The molecule has 1 aliphatic rings. The summed E-state index contributed by atoms with van der Waals surface area (Å²) in [6.45, 7) is 0.316. The minimum absolute atomic E-state index is 0.205. The second-order valence-corrected chi connectivity index (χ2v) is 10.7. The van der Waals surface area contributed by atoms with Crippen molar-refractivity contribution in [1.82, 2.24) is 15.5 Å². The van der Waals surface area contributed by atoms with Crippen molar-refractivity contribution in [2.75, 3.05) is 30.1 Å². The number of hydrogen-bond donors (Lipinski definition) is 4. The molecule has 35 heavy (non-hydrogen) atoms. The molecule has 1 aliphatic heterocycles. The zero-order valence-electron chi connectivity index (χ0n) is 19.5. The summed E-state index contributed by atoms with van der Waals surface area (Å²) in [5, 5.41) is 10.2. The van der Waals surface area contributed by atoms with Gasteiger partial charge in [0.1, 0.15) is 12.1 Å². The van der Waals surface area contributed by atoms with Crippen molar-refractivity contribution < 1.29 is 19.2 Å². The second kappa shape index (κ2) is 12.8. The van der Waals surface area contributed by atoms with Crippen LogP contribution in [0.5, 0.6) is 0 Å². The Morgan fingerprint density at radius 2 is 2.00 bits per heavy atom. The summed E-state index contributed by atoms with van der Waals surface area (Å²) in [7, 11) is 0. The molecule has 1 aromatic carbocycles. The fraction of sp³-hybridized carbons (Fsp3) is 0.391. The Bertz CT molecular complexity index is 1050. The van der Waals surface area contributed by atoms with Gasteiger partial charge >= 0.3 is 6.03 Å². The van der Waals surface area contributed by atoms with Crippen molar-refractivity contribution in [3.63, 3.8) is 0 Å². The van der Waals surface area contributed by atoms with E-state index in [0.29, 0.717) is 18.7 Å². The molecule has 1 aromatic heterocycles. The number of carbonyl (C=O) groups excluding carboxylic acids is 4. The van der Waals surface area contributed by atoms with Crippen molar-refractivity contribution in [1.29, 1.82) is 0 Å². The molecular formula is C23H29N5O4S3. The topological polar surface area (TPSA) is 134 Å². The Labute approximate surface area is 217 Å². The molecule has 12 heteroatoms. The smallest absolute Gasteiger partial charge is 0.319 e. The minimum atomic E-state index is -0.955. The number of nitrogens with zero attached hydrogens (tertiary/aromatic N) is 1. The van der Waals surface area contributed by atoms with Gasteiger partial charge in [-0.25, -0.2) is 4.79 Å². The van der Waals surface area contributed by atoms with E-state index in [2.05, 4.69) is 16.0 Å². The van der Waals surface area contributed by atoms with E-state index < -0.39 is 36.0 Å². The van der Waals surface area contributed by atoms with Crippen LogP contribution in [-0.2, 0) is 20.8 Å². The minimum Gasteiger partial charge on any atom is -0.368 e. The van der Waals surface area contributed by atoms with Crippen molar-refractivity contribution in [3.05, 3.63) is 46.7 Å². The zero-order valence-corrected chi connectivity index (χ0v) is 21.9. The van der Waals surface area contributed by atoms with E-state index in [-0.39, 0.29) is 18.1 Å². The molecule has 1 saturated heterocycles. The van der Waals surface area contributed by atoms with Crippen LogP contribution in [0.2, 0.25) is 0 Å². The van der Waals surface area contributed by atoms with Crippen molar-refractivity contribution >= 4 is 64.3 Å². The molecule has 0 bridgehead atoms. The van der Waals surface area contributed by atoms with Crippen LogP contribution in [0.25, 0.3) is 0 Å². The number of amides is 5. The van der Waals surface area contributed by atoms with Gasteiger partial charge in [0.05, 0.1) is 11.8 Å². The third-order valence-corrected chi connectivity index (χ3v) is 7.70. The first-order valence-electron chi connectivity index (χ1n) is 10.9. The molecule has 2 aromatic rings. The van der Waals surface area contributed by atoms with Crippen molar-refractivity contribution in [3.8, 4) is 0 Å². The van der Waals surface area contributed by atoms with E-state index in [1.54, 1.807) is 24.1 Å². The highest BCUT2D eigenvalue weighted by molar-refractivity contribution is 7.99. The summed E-state index contributed by atoms with van der Waals surface area (Å²) in [6.07, 6.45) is 4.41. The highest BCUT2D eigenvalue weighted by Crippen LogP contribution is 2.22. The Morgan fingerprint density at radius 3 is 2.66 bits per heavy atom. The number of likely N-dealkylation sites (tertiary alicyclic amines) is 1. The normalized spacial score (nSPS) is 18.1. The van der Waals surface area contributed by atoms with E-state index in [0.717, 1.165) is 9.77 Å². The first-order valence-corrected chi connectivity index (χ1v) is 14.4. The fourth-order valence-corrected chi connectivity index (χ4v) is 5.52. The number of thiophene rings is 1. The van der Waals surface area contributed by atoms with Gasteiger partial charge < -0.3 is 26.6 Å². The SMILES string of the molecule is CSCC(=O)N1CC[C@H](NC(=O)Nc2cccc(SC)c2)[C@H]1C(=O)N[C@@H](Cc1cccs1)C(N)=O. The third-order valence-electron chi connectivity index (χ3n) is 5.54. The molecule has 0 aliphatic carbocycles. The molecular weight excluding hydrogens is 506 g/mol. The summed E-state index contributed by atoms with van der Waals surface area (Å²) >= 11 is 4.37.